The maximum Gasteiger partial charge on any atom is 0.354 e. The number of ether oxygens (including phenoxy) is 1. The molecule has 51 heavy (non-hydrogen) atoms. The molecule has 0 saturated carbocycles. The number of hydrogen-bond acceptors (Lipinski definition) is 8. The number of carbonyl (C=O) groups excluding carboxylic acids is 1. The molecule has 0 bridgehead atoms. The van der Waals surface area contributed by atoms with Crippen LogP contribution in [0.1, 0.15) is 57.7 Å². The van der Waals surface area contributed by atoms with Gasteiger partial charge in [0.2, 0.25) is 0 Å². The smallest absolute Gasteiger partial charge is 0.354 e. The number of thioether (sulfide) groups is 1. The SMILES string of the molecule is COC(=O)c1c(CCCO)c2ccc(Cl)c(-c3c(C)nn4c3[C@H](N(C)Cc3cc(CSc5cc(O)c6ccc(F)cc6c5)n(C)n3)CC4)c2n1C. The Hall–Kier alpha value is -4.36. The lowest BCUT2D eigenvalue weighted by Crippen LogP contribution is -2.23. The minimum atomic E-state index is -0.433. The number of halogens is 2. The maximum atomic E-state index is 13.9. The highest BCUT2D eigenvalue weighted by Gasteiger charge is 2.35. The predicted octanol–water partition coefficient (Wildman–Crippen LogP) is 7.32. The molecular formula is C38H40ClFN6O4S. The molecule has 0 radical (unpaired) electrons. The molecule has 0 spiro atoms. The molecule has 4 heterocycles. The molecule has 10 nitrogen and oxygen atoms in total. The van der Waals surface area contributed by atoms with E-state index in [1.807, 2.05) is 48.5 Å². The molecule has 2 N–H and O–H groups in total. The molecule has 0 unspecified atom stereocenters. The Labute approximate surface area is 304 Å². The van der Waals surface area contributed by atoms with Crippen LogP contribution in [0, 0.1) is 12.7 Å². The molecule has 0 fully saturated rings. The van der Waals surface area contributed by atoms with Gasteiger partial charge in [0.1, 0.15) is 17.3 Å². The summed E-state index contributed by atoms with van der Waals surface area (Å²) in [6.45, 7) is 3.37. The number of aromatic hydroxyl groups is 1. The lowest BCUT2D eigenvalue weighted by Gasteiger charge is -2.24. The molecule has 13 heteroatoms. The number of carbonyl (C=O) groups is 1. The molecule has 3 aromatic carbocycles. The van der Waals surface area contributed by atoms with Crippen LogP contribution in [0.25, 0.3) is 32.8 Å². The fourth-order valence-electron chi connectivity index (χ4n) is 7.62. The molecule has 0 saturated heterocycles. The molecule has 0 aliphatic carbocycles. The van der Waals surface area contributed by atoms with Crippen LogP contribution in [-0.4, -0.2) is 66.0 Å². The summed E-state index contributed by atoms with van der Waals surface area (Å²) in [5, 5.41) is 32.7. The van der Waals surface area contributed by atoms with Crippen LogP contribution in [0.5, 0.6) is 5.75 Å². The largest absolute Gasteiger partial charge is 0.507 e. The Bertz CT molecular complexity index is 2310. The van der Waals surface area contributed by atoms with Crippen LogP contribution < -0.4 is 0 Å². The van der Waals surface area contributed by atoms with Gasteiger partial charge in [-0.05, 0) is 86.6 Å². The number of phenolic OH excluding ortho intramolecular Hbond substituents is 1. The minimum Gasteiger partial charge on any atom is -0.507 e. The van der Waals surface area contributed by atoms with Crippen molar-refractivity contribution in [1.29, 1.82) is 0 Å². The third-order valence-corrected chi connectivity index (χ3v) is 11.3. The zero-order valence-corrected chi connectivity index (χ0v) is 30.8. The monoisotopic (exact) mass is 730 g/mol. The first-order chi connectivity index (χ1) is 24.5. The number of methoxy groups -OCH3 is 1. The fraction of sp³-hybridized carbons (Fsp3) is 0.342. The number of hydrogen-bond donors (Lipinski definition) is 2. The Morgan fingerprint density at radius 2 is 1.90 bits per heavy atom. The van der Waals surface area contributed by atoms with Crippen molar-refractivity contribution in [2.24, 2.45) is 14.1 Å². The highest BCUT2D eigenvalue weighted by atomic mass is 35.5. The third kappa shape index (κ3) is 6.28. The van der Waals surface area contributed by atoms with Crippen LogP contribution in [0.3, 0.4) is 0 Å². The number of benzene rings is 3. The Balaban J connectivity index is 1.18. The first kappa shape index (κ1) is 35.1. The second-order valence-corrected chi connectivity index (χ2v) is 14.6. The molecule has 1 atom stereocenters. The van der Waals surface area contributed by atoms with E-state index in [4.69, 9.17) is 26.5 Å². The lowest BCUT2D eigenvalue weighted by molar-refractivity contribution is 0.0589. The fourth-order valence-corrected chi connectivity index (χ4v) is 8.85. The summed E-state index contributed by atoms with van der Waals surface area (Å²) in [5.41, 5.74) is 7.78. The zero-order valence-electron chi connectivity index (χ0n) is 29.2. The van der Waals surface area contributed by atoms with E-state index < -0.39 is 5.97 Å². The molecule has 266 valence electrons. The molecular weight excluding hydrogens is 691 g/mol. The van der Waals surface area contributed by atoms with E-state index in [1.54, 1.807) is 23.9 Å². The predicted molar refractivity (Wildman–Crippen MR) is 198 cm³/mol. The van der Waals surface area contributed by atoms with Crippen molar-refractivity contribution in [2.75, 3.05) is 20.8 Å². The van der Waals surface area contributed by atoms with Gasteiger partial charge in [-0.2, -0.15) is 10.2 Å². The van der Waals surface area contributed by atoms with Gasteiger partial charge in [-0.3, -0.25) is 14.3 Å². The summed E-state index contributed by atoms with van der Waals surface area (Å²) >= 11 is 8.61. The van der Waals surface area contributed by atoms with Crippen molar-refractivity contribution in [1.82, 2.24) is 29.0 Å². The van der Waals surface area contributed by atoms with Gasteiger partial charge in [-0.15, -0.1) is 11.8 Å². The quantitative estimate of drug-likeness (QED) is 0.106. The standard InChI is InChI=1S/C38H40ClFN6O4S/c1-21-33(34-30(39)11-10-29-28(7-6-14-47)36(38(49)50-5)44(3)35(29)34)37-31(12-13-46(37)41-21)43(2)19-24-17-25(45(4)42-24)20-51-26-16-22-15-23(40)8-9-27(22)32(48)18-26/h8-11,15-18,31,47-48H,6-7,12-14,19-20H2,1-5H3/t31-/m1/s1. The second kappa shape index (κ2) is 14.0. The van der Waals surface area contributed by atoms with Crippen LogP contribution in [0.15, 0.2) is 53.4 Å². The molecule has 6 aromatic rings. The Morgan fingerprint density at radius 3 is 2.67 bits per heavy atom. The van der Waals surface area contributed by atoms with E-state index in [2.05, 4.69) is 22.7 Å². The van der Waals surface area contributed by atoms with Crippen molar-refractivity contribution < 1.29 is 24.1 Å². The maximum absolute atomic E-state index is 13.9. The van der Waals surface area contributed by atoms with E-state index >= 15 is 0 Å². The van der Waals surface area contributed by atoms with Crippen LogP contribution in [0.4, 0.5) is 4.39 Å². The van der Waals surface area contributed by atoms with Crippen molar-refractivity contribution >= 4 is 51.0 Å². The van der Waals surface area contributed by atoms with Crippen LogP contribution in [-0.2, 0) is 44.1 Å². The van der Waals surface area contributed by atoms with Crippen molar-refractivity contribution in [3.8, 4) is 16.9 Å². The number of aliphatic hydroxyl groups is 1. The van der Waals surface area contributed by atoms with E-state index in [9.17, 15) is 19.4 Å². The van der Waals surface area contributed by atoms with Gasteiger partial charge in [0.25, 0.3) is 0 Å². The first-order valence-corrected chi connectivity index (χ1v) is 18.2. The number of esters is 1. The summed E-state index contributed by atoms with van der Waals surface area (Å²) in [6.07, 6.45) is 1.90. The van der Waals surface area contributed by atoms with Gasteiger partial charge in [0.05, 0.1) is 40.8 Å². The average molecular weight is 731 g/mol. The number of fused-ring (bicyclic) bond motifs is 3. The van der Waals surface area contributed by atoms with Crippen molar-refractivity contribution in [3.05, 3.63) is 93.4 Å². The third-order valence-electron chi connectivity index (χ3n) is 9.94. The number of nitrogens with zero attached hydrogens (tertiary/aromatic N) is 6. The van der Waals surface area contributed by atoms with Gasteiger partial charge in [-0.25, -0.2) is 9.18 Å². The molecule has 1 aliphatic rings. The topological polar surface area (TPSA) is 111 Å². The number of aliphatic hydroxyl groups excluding tert-OH is 1. The molecule has 1 aliphatic heterocycles. The lowest BCUT2D eigenvalue weighted by atomic mass is 9.95. The highest BCUT2D eigenvalue weighted by molar-refractivity contribution is 7.98. The Kier molecular flexibility index (Phi) is 9.61. The van der Waals surface area contributed by atoms with Crippen LogP contribution >= 0.6 is 23.4 Å². The minimum absolute atomic E-state index is 0.00933. The number of phenols is 1. The van der Waals surface area contributed by atoms with E-state index in [0.29, 0.717) is 46.6 Å². The van der Waals surface area contributed by atoms with Crippen LogP contribution in [0.2, 0.25) is 5.02 Å². The van der Waals surface area contributed by atoms with E-state index in [0.717, 1.165) is 68.2 Å². The van der Waals surface area contributed by atoms with Gasteiger partial charge in [0.15, 0.2) is 0 Å². The summed E-state index contributed by atoms with van der Waals surface area (Å²) < 4.78 is 24.9. The summed E-state index contributed by atoms with van der Waals surface area (Å²) in [4.78, 5) is 16.2. The summed E-state index contributed by atoms with van der Waals surface area (Å²) in [6, 6.07) is 13.9. The van der Waals surface area contributed by atoms with E-state index in [1.165, 1.54) is 19.2 Å². The zero-order chi connectivity index (χ0) is 36.1. The van der Waals surface area contributed by atoms with Gasteiger partial charge >= 0.3 is 5.97 Å². The average Bonchev–Trinajstić information content (AvgIpc) is 3.83. The van der Waals surface area contributed by atoms with Gasteiger partial charge in [0, 0.05) is 72.0 Å². The number of rotatable bonds is 11. The second-order valence-electron chi connectivity index (χ2n) is 13.2. The normalized spacial score (nSPS) is 14.3. The highest BCUT2D eigenvalue weighted by Crippen LogP contribution is 2.46. The van der Waals surface area contributed by atoms with Gasteiger partial charge < -0.3 is 19.5 Å². The van der Waals surface area contributed by atoms with Crippen molar-refractivity contribution in [2.45, 2.75) is 56.0 Å². The summed E-state index contributed by atoms with van der Waals surface area (Å²) in [7, 11) is 7.26. The van der Waals surface area contributed by atoms with E-state index in [-0.39, 0.29) is 24.2 Å². The molecule has 3 aromatic heterocycles. The number of aromatic nitrogens is 5. The summed E-state index contributed by atoms with van der Waals surface area (Å²) in [5.74, 6) is -0.0195. The van der Waals surface area contributed by atoms with Gasteiger partial charge in [-0.1, -0.05) is 17.7 Å². The molecule has 0 amide bonds. The Morgan fingerprint density at radius 1 is 1.12 bits per heavy atom. The van der Waals surface area contributed by atoms with Crippen molar-refractivity contribution in [3.63, 3.8) is 0 Å². The number of aryl methyl sites for hydroxylation is 5. The molecule has 7 rings (SSSR count). The first-order valence-electron chi connectivity index (χ1n) is 16.8.